The molecule has 1 unspecified atom stereocenters. The molecular weight excluding hydrogens is 248 g/mol. The summed E-state index contributed by atoms with van der Waals surface area (Å²) in [4.78, 5) is 0. The molecule has 106 valence electrons. The summed E-state index contributed by atoms with van der Waals surface area (Å²) in [5, 5.41) is 10.7. The van der Waals surface area contributed by atoms with Crippen LogP contribution in [0.3, 0.4) is 0 Å². The predicted octanol–water partition coefficient (Wildman–Crippen LogP) is 3.96. The topological polar surface area (TPSA) is 20.2 Å². The Hall–Kier alpha value is -0.863. The van der Waals surface area contributed by atoms with Gasteiger partial charge in [-0.05, 0) is 24.8 Å². The minimum atomic E-state index is -1.44. The van der Waals surface area contributed by atoms with Crippen molar-refractivity contribution < 1.29 is 5.11 Å². The van der Waals surface area contributed by atoms with E-state index in [1.807, 2.05) is 0 Å². The fraction of sp³-hybridized carbons (Fsp3) is 0.529. The van der Waals surface area contributed by atoms with Crippen molar-refractivity contribution in [3.8, 4) is 0 Å². The summed E-state index contributed by atoms with van der Waals surface area (Å²) in [5.74, 6) is 0.491. The van der Waals surface area contributed by atoms with Crippen molar-refractivity contribution in [2.45, 2.75) is 45.3 Å². The molecule has 2 heteroatoms. The molecule has 1 rings (SSSR count). The van der Waals surface area contributed by atoms with E-state index in [1.165, 1.54) is 10.8 Å². The maximum atomic E-state index is 9.20. The standard InChI is InChI=1S/C17H28OSi/c1-5-9-16(12-13-18)15(2)14-19(3,4)17-10-7-6-8-11-17/h6-8,10-11,16,18H,2,5,9,12-14H2,1,3-4H3. The Bertz CT molecular complexity index is 378. The van der Waals surface area contributed by atoms with Crippen molar-refractivity contribution in [1.29, 1.82) is 0 Å². The Morgan fingerprint density at radius 1 is 1.21 bits per heavy atom. The Kier molecular flexibility index (Phi) is 6.53. The van der Waals surface area contributed by atoms with Gasteiger partial charge in [0, 0.05) is 6.61 Å². The summed E-state index contributed by atoms with van der Waals surface area (Å²) in [5.41, 5.74) is 1.34. The summed E-state index contributed by atoms with van der Waals surface area (Å²) < 4.78 is 0. The minimum absolute atomic E-state index is 0.275. The lowest BCUT2D eigenvalue weighted by atomic mass is 9.93. The molecule has 0 spiro atoms. The molecule has 1 nitrogen and oxygen atoms in total. The summed E-state index contributed by atoms with van der Waals surface area (Å²) in [6, 6.07) is 12.0. The molecule has 0 amide bonds. The van der Waals surface area contributed by atoms with Gasteiger partial charge in [-0.2, -0.15) is 0 Å². The highest BCUT2D eigenvalue weighted by Crippen LogP contribution is 2.27. The minimum Gasteiger partial charge on any atom is -0.396 e. The highest BCUT2D eigenvalue weighted by Gasteiger charge is 2.26. The van der Waals surface area contributed by atoms with E-state index < -0.39 is 8.07 Å². The highest BCUT2D eigenvalue weighted by atomic mass is 28.3. The Morgan fingerprint density at radius 3 is 2.37 bits per heavy atom. The molecule has 1 aromatic rings. The van der Waals surface area contributed by atoms with Crippen LogP contribution < -0.4 is 5.19 Å². The van der Waals surface area contributed by atoms with E-state index in [9.17, 15) is 5.11 Å². The van der Waals surface area contributed by atoms with E-state index in [4.69, 9.17) is 0 Å². The van der Waals surface area contributed by atoms with Crippen LogP contribution in [0, 0.1) is 5.92 Å². The zero-order chi connectivity index (χ0) is 14.3. The maximum Gasteiger partial charge on any atom is 0.0845 e. The van der Waals surface area contributed by atoms with Crippen molar-refractivity contribution in [2.24, 2.45) is 5.92 Å². The van der Waals surface area contributed by atoms with E-state index in [1.54, 1.807) is 0 Å². The first kappa shape index (κ1) is 16.2. The maximum absolute atomic E-state index is 9.20. The smallest absolute Gasteiger partial charge is 0.0845 e. The number of benzene rings is 1. The first-order valence-corrected chi connectivity index (χ1v) is 10.6. The van der Waals surface area contributed by atoms with Gasteiger partial charge in [0.05, 0.1) is 8.07 Å². The van der Waals surface area contributed by atoms with Gasteiger partial charge in [-0.15, -0.1) is 0 Å². The van der Waals surface area contributed by atoms with Gasteiger partial charge in [0.1, 0.15) is 0 Å². The van der Waals surface area contributed by atoms with Crippen molar-refractivity contribution in [2.75, 3.05) is 6.61 Å². The Balaban J connectivity index is 2.73. The molecule has 0 saturated carbocycles. The summed E-state index contributed by atoms with van der Waals surface area (Å²) in [6.45, 7) is 11.6. The third kappa shape index (κ3) is 4.96. The van der Waals surface area contributed by atoms with Crippen LogP contribution in [0.4, 0.5) is 0 Å². The van der Waals surface area contributed by atoms with E-state index >= 15 is 0 Å². The largest absolute Gasteiger partial charge is 0.396 e. The summed E-state index contributed by atoms with van der Waals surface area (Å²) in [7, 11) is -1.44. The molecule has 1 aromatic carbocycles. The van der Waals surface area contributed by atoms with Crippen LogP contribution in [0.15, 0.2) is 42.5 Å². The van der Waals surface area contributed by atoms with Gasteiger partial charge in [0.25, 0.3) is 0 Å². The van der Waals surface area contributed by atoms with Crippen LogP contribution in [0.1, 0.15) is 26.2 Å². The van der Waals surface area contributed by atoms with Gasteiger partial charge in [0.2, 0.25) is 0 Å². The number of aliphatic hydroxyl groups excluding tert-OH is 1. The number of rotatable bonds is 8. The average molecular weight is 276 g/mol. The fourth-order valence-corrected chi connectivity index (χ4v) is 5.48. The van der Waals surface area contributed by atoms with Crippen LogP contribution in [0.25, 0.3) is 0 Å². The molecule has 0 aliphatic heterocycles. The van der Waals surface area contributed by atoms with E-state index in [-0.39, 0.29) is 6.61 Å². The third-order valence-corrected chi connectivity index (χ3v) is 7.15. The molecular formula is C17H28OSi. The molecule has 0 aliphatic carbocycles. The van der Waals surface area contributed by atoms with Gasteiger partial charge in [-0.25, -0.2) is 0 Å². The molecule has 0 saturated heterocycles. The lowest BCUT2D eigenvalue weighted by molar-refractivity contribution is 0.263. The third-order valence-electron chi connectivity index (χ3n) is 3.92. The van der Waals surface area contributed by atoms with E-state index in [2.05, 4.69) is 56.9 Å². The number of allylic oxidation sites excluding steroid dienone is 1. The van der Waals surface area contributed by atoms with Crippen molar-refractivity contribution >= 4 is 13.3 Å². The Morgan fingerprint density at radius 2 is 1.84 bits per heavy atom. The van der Waals surface area contributed by atoms with Crippen LogP contribution in [-0.4, -0.2) is 19.8 Å². The van der Waals surface area contributed by atoms with E-state index in [0.717, 1.165) is 25.3 Å². The van der Waals surface area contributed by atoms with Crippen molar-refractivity contribution in [3.05, 3.63) is 42.5 Å². The average Bonchev–Trinajstić information content (AvgIpc) is 2.39. The van der Waals surface area contributed by atoms with Crippen molar-refractivity contribution in [1.82, 2.24) is 0 Å². The molecule has 0 radical (unpaired) electrons. The van der Waals surface area contributed by atoms with Crippen LogP contribution >= 0.6 is 0 Å². The van der Waals surface area contributed by atoms with Crippen LogP contribution in [-0.2, 0) is 0 Å². The highest BCUT2D eigenvalue weighted by molar-refractivity contribution is 6.90. The normalized spacial score (nSPS) is 13.3. The summed E-state index contributed by atoms with van der Waals surface area (Å²) >= 11 is 0. The zero-order valence-corrected chi connectivity index (χ0v) is 13.7. The quantitative estimate of drug-likeness (QED) is 0.563. The SMILES string of the molecule is C=C(C[Si](C)(C)c1ccccc1)C(CCC)CCO. The van der Waals surface area contributed by atoms with Gasteiger partial charge >= 0.3 is 0 Å². The number of hydrogen-bond acceptors (Lipinski definition) is 1. The molecule has 1 atom stereocenters. The van der Waals surface area contributed by atoms with Crippen molar-refractivity contribution in [3.63, 3.8) is 0 Å². The molecule has 19 heavy (non-hydrogen) atoms. The second-order valence-corrected chi connectivity index (χ2v) is 10.8. The van der Waals surface area contributed by atoms with Gasteiger partial charge in [-0.3, -0.25) is 0 Å². The fourth-order valence-electron chi connectivity index (χ4n) is 2.76. The first-order chi connectivity index (χ1) is 9.01. The molecule has 0 fully saturated rings. The second kappa shape index (κ2) is 7.66. The lowest BCUT2D eigenvalue weighted by Gasteiger charge is -2.28. The Labute approximate surface area is 119 Å². The molecule has 0 aliphatic rings. The number of aliphatic hydroxyl groups is 1. The number of hydrogen-bond donors (Lipinski definition) is 1. The zero-order valence-electron chi connectivity index (χ0n) is 12.7. The molecule has 1 N–H and O–H groups in total. The van der Waals surface area contributed by atoms with E-state index in [0.29, 0.717) is 5.92 Å². The van der Waals surface area contributed by atoms with Gasteiger partial charge in [-0.1, -0.05) is 74.1 Å². The van der Waals surface area contributed by atoms with Crippen LogP contribution in [0.5, 0.6) is 0 Å². The molecule has 0 heterocycles. The first-order valence-electron chi connectivity index (χ1n) is 7.35. The van der Waals surface area contributed by atoms with Crippen LogP contribution in [0.2, 0.25) is 19.1 Å². The lowest BCUT2D eigenvalue weighted by Crippen LogP contribution is -2.41. The summed E-state index contributed by atoms with van der Waals surface area (Å²) in [6.07, 6.45) is 3.18. The van der Waals surface area contributed by atoms with Gasteiger partial charge < -0.3 is 5.11 Å². The molecule has 0 aromatic heterocycles. The monoisotopic (exact) mass is 276 g/mol. The second-order valence-electron chi connectivity index (χ2n) is 6.08. The van der Waals surface area contributed by atoms with Gasteiger partial charge in [0.15, 0.2) is 0 Å². The predicted molar refractivity (Wildman–Crippen MR) is 87.6 cm³/mol. The molecule has 0 bridgehead atoms.